The highest BCUT2D eigenvalue weighted by atomic mass is 35.5. The summed E-state index contributed by atoms with van der Waals surface area (Å²) in [5.41, 5.74) is 3.50. The Morgan fingerprint density at radius 2 is 1.91 bits per heavy atom. The van der Waals surface area contributed by atoms with Crippen LogP contribution in [-0.2, 0) is 22.4 Å². The Labute approximate surface area is 203 Å². The summed E-state index contributed by atoms with van der Waals surface area (Å²) in [6.45, 7) is 2.03. The van der Waals surface area contributed by atoms with Gasteiger partial charge in [0, 0.05) is 41.4 Å². The van der Waals surface area contributed by atoms with Crippen LogP contribution in [0.15, 0.2) is 50.2 Å². The van der Waals surface area contributed by atoms with Crippen LogP contribution in [0.2, 0.25) is 5.02 Å². The molecular formula is C25H18ClN3O6. The molecule has 0 spiro atoms. The lowest BCUT2D eigenvalue weighted by Gasteiger charge is -2.37. The molecular weight excluding hydrogens is 474 g/mol. The van der Waals surface area contributed by atoms with Gasteiger partial charge in [-0.25, -0.2) is 14.6 Å². The zero-order valence-electron chi connectivity index (χ0n) is 18.4. The average molecular weight is 492 g/mol. The van der Waals surface area contributed by atoms with Gasteiger partial charge in [0.2, 0.25) is 5.90 Å². The van der Waals surface area contributed by atoms with Crippen LogP contribution in [0, 0.1) is 10.1 Å². The van der Waals surface area contributed by atoms with E-state index in [9.17, 15) is 19.7 Å². The number of anilines is 1. The third-order valence-corrected chi connectivity index (χ3v) is 6.86. The molecule has 0 fully saturated rings. The van der Waals surface area contributed by atoms with Gasteiger partial charge in [-0.05, 0) is 61.6 Å². The van der Waals surface area contributed by atoms with Crippen molar-refractivity contribution in [2.75, 3.05) is 18.0 Å². The zero-order valence-corrected chi connectivity index (χ0v) is 19.1. The molecule has 176 valence electrons. The van der Waals surface area contributed by atoms with Gasteiger partial charge in [0.05, 0.1) is 10.5 Å². The second kappa shape index (κ2) is 8.06. The number of fused-ring (bicyclic) bond motifs is 2. The number of ether oxygens (including phenoxy) is 1. The van der Waals surface area contributed by atoms with E-state index in [2.05, 4.69) is 16.0 Å². The lowest BCUT2D eigenvalue weighted by atomic mass is 9.90. The second-order valence-electron chi connectivity index (χ2n) is 8.72. The molecule has 35 heavy (non-hydrogen) atoms. The van der Waals surface area contributed by atoms with Gasteiger partial charge in [0.1, 0.15) is 10.6 Å². The smallest absolute Gasteiger partial charge is 0.363 e. The van der Waals surface area contributed by atoms with Crippen molar-refractivity contribution in [2.24, 2.45) is 4.99 Å². The number of hydrogen-bond donors (Lipinski definition) is 0. The van der Waals surface area contributed by atoms with Crippen molar-refractivity contribution in [3.8, 4) is 0 Å². The normalized spacial score (nSPS) is 18.0. The number of carbonyl (C=O) groups is 1. The number of aliphatic imine (C=N–C) groups is 1. The third-order valence-electron chi connectivity index (χ3n) is 6.55. The minimum atomic E-state index is -0.770. The number of nitrogens with zero attached hydrogens (tertiary/aromatic N) is 3. The molecule has 10 heteroatoms. The van der Waals surface area contributed by atoms with Gasteiger partial charge in [0.25, 0.3) is 5.69 Å². The first-order chi connectivity index (χ1) is 16.9. The van der Waals surface area contributed by atoms with E-state index in [4.69, 9.17) is 20.8 Å². The number of halogens is 1. The number of benzene rings is 2. The number of hydrogen-bond acceptors (Lipinski definition) is 8. The van der Waals surface area contributed by atoms with Gasteiger partial charge in [-0.2, -0.15) is 0 Å². The first-order valence-corrected chi connectivity index (χ1v) is 11.6. The van der Waals surface area contributed by atoms with Gasteiger partial charge < -0.3 is 14.1 Å². The number of cyclic esters (lactones) is 1. The van der Waals surface area contributed by atoms with Crippen LogP contribution in [0.5, 0.6) is 0 Å². The van der Waals surface area contributed by atoms with Crippen LogP contribution >= 0.6 is 11.6 Å². The average Bonchev–Trinajstić information content (AvgIpc) is 3.20. The van der Waals surface area contributed by atoms with Crippen molar-refractivity contribution in [1.29, 1.82) is 0 Å². The number of rotatable bonds is 3. The van der Waals surface area contributed by atoms with Crippen LogP contribution in [0.1, 0.15) is 35.1 Å². The summed E-state index contributed by atoms with van der Waals surface area (Å²) in [6.07, 6.45) is 5.23. The van der Waals surface area contributed by atoms with E-state index in [0.717, 1.165) is 49.7 Å². The van der Waals surface area contributed by atoms with Crippen LogP contribution in [0.4, 0.5) is 11.4 Å². The number of nitro benzene ring substituents is 1. The van der Waals surface area contributed by atoms with Crippen molar-refractivity contribution >= 4 is 51.9 Å². The molecule has 0 amide bonds. The molecule has 0 unspecified atom stereocenters. The van der Waals surface area contributed by atoms with Crippen molar-refractivity contribution in [2.45, 2.75) is 25.7 Å². The molecule has 2 aromatic carbocycles. The third kappa shape index (κ3) is 3.59. The Hall–Kier alpha value is -3.98. The van der Waals surface area contributed by atoms with Crippen molar-refractivity contribution in [3.05, 3.63) is 83.8 Å². The fourth-order valence-corrected chi connectivity index (χ4v) is 5.21. The number of esters is 1. The summed E-state index contributed by atoms with van der Waals surface area (Å²) in [4.78, 5) is 42.4. The Kier molecular flexibility index (Phi) is 4.96. The molecule has 0 saturated heterocycles. The SMILES string of the molecule is O=C1OC(c2ccc(Cl)c([N+](=O)[O-])c2)=NC1=Cc1cc2cc3c4c(c2oc1=O)CCCN4CCC3. The summed E-state index contributed by atoms with van der Waals surface area (Å²) >= 11 is 5.86. The van der Waals surface area contributed by atoms with E-state index < -0.39 is 16.5 Å². The van der Waals surface area contributed by atoms with Crippen molar-refractivity contribution in [1.82, 2.24) is 0 Å². The zero-order chi connectivity index (χ0) is 24.3. The predicted molar refractivity (Wildman–Crippen MR) is 130 cm³/mol. The fourth-order valence-electron chi connectivity index (χ4n) is 5.03. The molecule has 0 saturated carbocycles. The first kappa shape index (κ1) is 21.5. The maximum atomic E-state index is 12.9. The summed E-state index contributed by atoms with van der Waals surface area (Å²) < 4.78 is 11.0. The molecule has 1 aromatic heterocycles. The van der Waals surface area contributed by atoms with Crippen molar-refractivity contribution in [3.63, 3.8) is 0 Å². The molecule has 0 radical (unpaired) electrons. The van der Waals surface area contributed by atoms with E-state index in [0.29, 0.717) is 5.58 Å². The van der Waals surface area contributed by atoms with E-state index in [1.54, 1.807) is 6.07 Å². The summed E-state index contributed by atoms with van der Waals surface area (Å²) in [5.74, 6) is -0.877. The first-order valence-electron chi connectivity index (χ1n) is 11.2. The molecule has 9 nitrogen and oxygen atoms in total. The highest BCUT2D eigenvalue weighted by molar-refractivity contribution is 6.32. The summed E-state index contributed by atoms with van der Waals surface area (Å²) in [6, 6.07) is 7.75. The van der Waals surface area contributed by atoms with Gasteiger partial charge in [-0.3, -0.25) is 10.1 Å². The molecule has 0 bridgehead atoms. The number of nitro groups is 1. The maximum absolute atomic E-state index is 12.9. The molecule has 3 aliphatic rings. The second-order valence-corrected chi connectivity index (χ2v) is 9.13. The molecule has 0 N–H and O–H groups in total. The molecule has 6 rings (SSSR count). The predicted octanol–water partition coefficient (Wildman–Crippen LogP) is 4.40. The Morgan fingerprint density at radius 1 is 1.11 bits per heavy atom. The molecule has 4 heterocycles. The van der Waals surface area contributed by atoms with Crippen LogP contribution < -0.4 is 10.5 Å². The van der Waals surface area contributed by atoms with Crippen molar-refractivity contribution < 1.29 is 18.9 Å². The van der Waals surface area contributed by atoms with E-state index in [-0.39, 0.29) is 33.4 Å². The quantitative estimate of drug-likeness (QED) is 0.175. The monoisotopic (exact) mass is 491 g/mol. The van der Waals surface area contributed by atoms with Gasteiger partial charge in [-0.15, -0.1) is 0 Å². The fraction of sp³-hybridized carbons (Fsp3) is 0.240. The molecule has 3 aliphatic heterocycles. The van der Waals surface area contributed by atoms with Crippen LogP contribution in [-0.4, -0.2) is 29.9 Å². The largest absolute Gasteiger partial charge is 0.422 e. The van der Waals surface area contributed by atoms with E-state index in [1.807, 2.05) is 0 Å². The van der Waals surface area contributed by atoms with E-state index in [1.165, 1.54) is 35.5 Å². The lowest BCUT2D eigenvalue weighted by molar-refractivity contribution is -0.384. The Morgan fingerprint density at radius 3 is 2.71 bits per heavy atom. The number of carbonyl (C=O) groups excluding carboxylic acids is 1. The molecule has 0 aliphatic carbocycles. The minimum absolute atomic E-state index is 0.0439. The summed E-state index contributed by atoms with van der Waals surface area (Å²) in [7, 11) is 0. The lowest BCUT2D eigenvalue weighted by Crippen LogP contribution is -2.34. The Bertz CT molecular complexity index is 1570. The highest BCUT2D eigenvalue weighted by Crippen LogP contribution is 2.40. The molecule has 3 aromatic rings. The van der Waals surface area contributed by atoms with Crippen LogP contribution in [0.3, 0.4) is 0 Å². The standard InChI is InChI=1S/C25H18ClN3O6/c26-18-6-5-14(12-20(18)29(32)33)23-27-19(25(31)35-23)11-16-10-15-9-13-3-1-7-28-8-2-4-17(21(13)28)22(15)34-24(16)30/h5-6,9-12H,1-4,7-8H2. The molecule has 0 atom stereocenters. The van der Waals surface area contributed by atoms with E-state index >= 15 is 0 Å². The topological polar surface area (TPSA) is 115 Å². The van der Waals surface area contributed by atoms with Crippen LogP contribution in [0.25, 0.3) is 17.0 Å². The van der Waals surface area contributed by atoms with Gasteiger partial charge in [0.15, 0.2) is 5.70 Å². The number of aryl methyl sites for hydroxylation is 2. The van der Waals surface area contributed by atoms with Gasteiger partial charge in [-0.1, -0.05) is 11.6 Å². The maximum Gasteiger partial charge on any atom is 0.363 e. The van der Waals surface area contributed by atoms with Gasteiger partial charge >= 0.3 is 11.6 Å². The minimum Gasteiger partial charge on any atom is -0.422 e. The Balaban J connectivity index is 1.42. The highest BCUT2D eigenvalue weighted by Gasteiger charge is 2.29. The summed E-state index contributed by atoms with van der Waals surface area (Å²) in [5, 5.41) is 11.9.